The Morgan fingerprint density at radius 3 is 2.21 bits per heavy atom. The molecule has 3 aromatic rings. The van der Waals surface area contributed by atoms with Gasteiger partial charge >= 0.3 is 0 Å². The molecule has 0 heterocycles. The number of ether oxygens (including phenoxy) is 1. The van der Waals surface area contributed by atoms with Crippen molar-refractivity contribution in [2.45, 2.75) is 11.8 Å². The predicted octanol–water partition coefficient (Wildman–Crippen LogP) is 5.32. The number of nitrogens with one attached hydrogen (secondary N) is 1. The van der Waals surface area contributed by atoms with Crippen molar-refractivity contribution in [3.8, 4) is 5.75 Å². The van der Waals surface area contributed by atoms with Crippen molar-refractivity contribution < 1.29 is 13.2 Å². The standard InChI is InChI=1S/C25H30ClN3O3S.ClH/c1-20-8-14-23(15-9-20)33(30,31)29(18-17-28(2)3)25-7-5-4-6-24(25)27-16-19-32-22-12-10-21(26)11-13-22;/h4-15,27H,16-19H2,1-3H3;1H. The lowest BCUT2D eigenvalue weighted by Crippen LogP contribution is -2.37. The maximum Gasteiger partial charge on any atom is 0.264 e. The van der Waals surface area contributed by atoms with Crippen molar-refractivity contribution in [3.05, 3.63) is 83.4 Å². The third-order valence-electron chi connectivity index (χ3n) is 5.03. The summed E-state index contributed by atoms with van der Waals surface area (Å²) in [6.07, 6.45) is 0. The molecule has 0 fully saturated rings. The number of hydrogen-bond acceptors (Lipinski definition) is 5. The van der Waals surface area contributed by atoms with E-state index in [1.165, 1.54) is 4.31 Å². The van der Waals surface area contributed by atoms with Crippen molar-refractivity contribution in [2.75, 3.05) is 50.0 Å². The number of para-hydroxylation sites is 2. The van der Waals surface area contributed by atoms with E-state index in [4.69, 9.17) is 16.3 Å². The third-order valence-corrected chi connectivity index (χ3v) is 7.11. The summed E-state index contributed by atoms with van der Waals surface area (Å²) in [5.41, 5.74) is 2.34. The summed E-state index contributed by atoms with van der Waals surface area (Å²) < 4.78 is 34.4. The average Bonchev–Trinajstić information content (AvgIpc) is 2.79. The Balaban J connectivity index is 0.00000408. The van der Waals surface area contributed by atoms with E-state index in [-0.39, 0.29) is 17.3 Å². The SMILES string of the molecule is Cc1ccc(S(=O)(=O)N(CCN(C)C)c2ccccc2NCCOc2ccc(Cl)cc2)cc1.Cl. The van der Waals surface area contributed by atoms with Gasteiger partial charge in [-0.2, -0.15) is 0 Å². The van der Waals surface area contributed by atoms with E-state index in [1.807, 2.05) is 74.4 Å². The van der Waals surface area contributed by atoms with Gasteiger partial charge in [0, 0.05) is 24.7 Å². The molecule has 9 heteroatoms. The van der Waals surface area contributed by atoms with Crippen LogP contribution in [0.15, 0.2) is 77.7 Å². The Bertz CT molecular complexity index is 1140. The third kappa shape index (κ3) is 7.53. The van der Waals surface area contributed by atoms with Crippen molar-refractivity contribution in [2.24, 2.45) is 0 Å². The second-order valence-electron chi connectivity index (χ2n) is 7.94. The van der Waals surface area contributed by atoms with E-state index in [0.717, 1.165) is 17.0 Å². The summed E-state index contributed by atoms with van der Waals surface area (Å²) in [7, 11) is 0.107. The average molecular weight is 525 g/mol. The number of aryl methyl sites for hydroxylation is 1. The largest absolute Gasteiger partial charge is 0.492 e. The fraction of sp³-hybridized carbons (Fsp3) is 0.280. The maximum atomic E-state index is 13.6. The molecule has 0 radical (unpaired) electrons. The van der Waals surface area contributed by atoms with E-state index >= 15 is 0 Å². The summed E-state index contributed by atoms with van der Waals surface area (Å²) in [6, 6.07) is 21.6. The lowest BCUT2D eigenvalue weighted by atomic mass is 10.2. The minimum absolute atomic E-state index is 0. The first-order valence-corrected chi connectivity index (χ1v) is 12.5. The highest BCUT2D eigenvalue weighted by Gasteiger charge is 2.26. The molecular formula is C25H31Cl2N3O3S. The number of halogens is 2. The van der Waals surface area contributed by atoms with Crippen LogP contribution >= 0.6 is 24.0 Å². The molecule has 0 saturated carbocycles. The molecule has 0 atom stereocenters. The molecule has 0 saturated heterocycles. The van der Waals surface area contributed by atoms with Gasteiger partial charge in [0.1, 0.15) is 12.4 Å². The number of likely N-dealkylation sites (N-methyl/N-ethyl adjacent to an activating group) is 1. The van der Waals surface area contributed by atoms with Crippen LogP contribution in [0, 0.1) is 6.92 Å². The van der Waals surface area contributed by atoms with E-state index in [1.54, 1.807) is 24.3 Å². The lowest BCUT2D eigenvalue weighted by Gasteiger charge is -2.28. The number of benzene rings is 3. The van der Waals surface area contributed by atoms with Crippen molar-refractivity contribution in [1.29, 1.82) is 0 Å². The molecule has 0 unspecified atom stereocenters. The first kappa shape index (κ1) is 27.8. The molecule has 6 nitrogen and oxygen atoms in total. The molecule has 34 heavy (non-hydrogen) atoms. The van der Waals surface area contributed by atoms with Gasteiger partial charge in [-0.15, -0.1) is 12.4 Å². The highest BCUT2D eigenvalue weighted by molar-refractivity contribution is 7.92. The highest BCUT2D eigenvalue weighted by atomic mass is 35.5. The van der Waals surface area contributed by atoms with E-state index in [9.17, 15) is 8.42 Å². The number of nitrogens with zero attached hydrogens (tertiary/aromatic N) is 2. The van der Waals surface area contributed by atoms with Crippen LogP contribution in [-0.2, 0) is 10.0 Å². The van der Waals surface area contributed by atoms with E-state index in [2.05, 4.69) is 5.32 Å². The number of rotatable bonds is 11. The monoisotopic (exact) mass is 523 g/mol. The highest BCUT2D eigenvalue weighted by Crippen LogP contribution is 2.30. The fourth-order valence-corrected chi connectivity index (χ4v) is 4.83. The van der Waals surface area contributed by atoms with Crippen LogP contribution < -0.4 is 14.4 Å². The molecule has 3 aromatic carbocycles. The predicted molar refractivity (Wildman–Crippen MR) is 143 cm³/mol. The van der Waals surface area contributed by atoms with Crippen LogP contribution in [0.2, 0.25) is 5.02 Å². The van der Waals surface area contributed by atoms with E-state index < -0.39 is 10.0 Å². The zero-order chi connectivity index (χ0) is 23.8. The summed E-state index contributed by atoms with van der Waals surface area (Å²) in [5.74, 6) is 0.726. The smallest absolute Gasteiger partial charge is 0.264 e. The van der Waals surface area contributed by atoms with Crippen molar-refractivity contribution in [1.82, 2.24) is 4.90 Å². The van der Waals surface area contributed by atoms with Gasteiger partial charge in [0.05, 0.1) is 16.3 Å². The molecule has 0 aliphatic carbocycles. The molecule has 0 aliphatic heterocycles. The molecule has 1 N–H and O–H groups in total. The van der Waals surface area contributed by atoms with Gasteiger partial charge in [-0.05, 0) is 69.6 Å². The van der Waals surface area contributed by atoms with Crippen LogP contribution in [0.3, 0.4) is 0 Å². The Morgan fingerprint density at radius 1 is 0.912 bits per heavy atom. The zero-order valence-corrected chi connectivity index (χ0v) is 22.0. The minimum atomic E-state index is -3.74. The molecule has 3 rings (SSSR count). The summed E-state index contributed by atoms with van der Waals surface area (Å²) in [4.78, 5) is 2.24. The van der Waals surface area contributed by atoms with Crippen molar-refractivity contribution in [3.63, 3.8) is 0 Å². The second-order valence-corrected chi connectivity index (χ2v) is 10.2. The van der Waals surface area contributed by atoms with Gasteiger partial charge in [0.2, 0.25) is 0 Å². The van der Waals surface area contributed by atoms with Gasteiger partial charge < -0.3 is 15.0 Å². The Kier molecular flexibility index (Phi) is 10.5. The Hall–Kier alpha value is -2.45. The number of anilines is 2. The van der Waals surface area contributed by atoms with Crippen LogP contribution in [0.5, 0.6) is 5.75 Å². The zero-order valence-electron chi connectivity index (χ0n) is 19.6. The van der Waals surface area contributed by atoms with Crippen LogP contribution in [0.4, 0.5) is 11.4 Å². The normalized spacial score (nSPS) is 11.1. The van der Waals surface area contributed by atoms with Gasteiger partial charge in [0.15, 0.2) is 0 Å². The second kappa shape index (κ2) is 12.9. The summed E-state index contributed by atoms with van der Waals surface area (Å²) in [5, 5.41) is 3.98. The minimum Gasteiger partial charge on any atom is -0.492 e. The first-order chi connectivity index (χ1) is 15.8. The molecule has 0 spiro atoms. The van der Waals surface area contributed by atoms with E-state index in [0.29, 0.717) is 37.0 Å². The van der Waals surface area contributed by atoms with Crippen LogP contribution in [0.25, 0.3) is 0 Å². The molecule has 0 aliphatic rings. The quantitative estimate of drug-likeness (QED) is 0.344. The lowest BCUT2D eigenvalue weighted by molar-refractivity contribution is 0.333. The molecule has 0 amide bonds. The molecular weight excluding hydrogens is 493 g/mol. The summed E-state index contributed by atoms with van der Waals surface area (Å²) >= 11 is 5.91. The molecule has 0 aromatic heterocycles. The van der Waals surface area contributed by atoms with Crippen molar-refractivity contribution >= 4 is 45.4 Å². The van der Waals surface area contributed by atoms with Gasteiger partial charge in [-0.3, -0.25) is 4.31 Å². The molecule has 0 bridgehead atoms. The Morgan fingerprint density at radius 2 is 1.56 bits per heavy atom. The number of hydrogen-bond donors (Lipinski definition) is 1. The Labute approximate surface area is 214 Å². The molecule has 184 valence electrons. The first-order valence-electron chi connectivity index (χ1n) is 10.7. The maximum absolute atomic E-state index is 13.6. The van der Waals surface area contributed by atoms with Gasteiger partial charge in [-0.25, -0.2) is 8.42 Å². The summed E-state index contributed by atoms with van der Waals surface area (Å²) in [6.45, 7) is 3.76. The van der Waals surface area contributed by atoms with Crippen LogP contribution in [0.1, 0.15) is 5.56 Å². The van der Waals surface area contributed by atoms with Crippen LogP contribution in [-0.4, -0.2) is 53.7 Å². The number of sulfonamides is 1. The van der Waals surface area contributed by atoms with Gasteiger partial charge in [0.25, 0.3) is 10.0 Å². The topological polar surface area (TPSA) is 61.9 Å². The fourth-order valence-electron chi connectivity index (χ4n) is 3.22. The van der Waals surface area contributed by atoms with Gasteiger partial charge in [-0.1, -0.05) is 41.4 Å².